The quantitative estimate of drug-likeness (QED) is 0.434. The van der Waals surface area contributed by atoms with E-state index in [0.717, 1.165) is 13.1 Å². The Morgan fingerprint density at radius 3 is 2.11 bits per heavy atom. The van der Waals surface area contributed by atoms with Crippen molar-refractivity contribution in [2.24, 2.45) is 0 Å². The molecule has 0 aromatic heterocycles. The van der Waals surface area contributed by atoms with Crippen LogP contribution < -0.4 is 5.32 Å². The third-order valence-electron chi connectivity index (χ3n) is 2.34. The monoisotopic (exact) mass is 278 g/mol. The Hall–Kier alpha value is -1.07. The van der Waals surface area contributed by atoms with E-state index < -0.39 is 5.97 Å². The highest BCUT2D eigenvalue weighted by Crippen LogP contribution is 2.00. The highest BCUT2D eigenvalue weighted by Gasteiger charge is 2.18. The zero-order valence-corrected chi connectivity index (χ0v) is 12.3. The van der Waals surface area contributed by atoms with Crippen molar-refractivity contribution < 1.29 is 14.3 Å². The van der Waals surface area contributed by atoms with Gasteiger partial charge in [0.05, 0.1) is 0 Å². The molecule has 106 valence electrons. The van der Waals surface area contributed by atoms with E-state index in [1.807, 2.05) is 18.7 Å². The largest absolute Gasteiger partial charge is 0.459 e. The lowest BCUT2D eigenvalue weighted by molar-refractivity contribution is -0.142. The first-order valence-electron chi connectivity index (χ1n) is 5.76. The molecule has 0 aliphatic rings. The van der Waals surface area contributed by atoms with E-state index in [0.29, 0.717) is 5.57 Å². The van der Waals surface area contributed by atoms with Gasteiger partial charge in [0, 0.05) is 12.5 Å². The van der Waals surface area contributed by atoms with E-state index >= 15 is 0 Å². The Labute approximate surface area is 115 Å². The fourth-order valence-corrected chi connectivity index (χ4v) is 1.42. The first kappa shape index (κ1) is 19.3. The lowest BCUT2D eigenvalue weighted by Crippen LogP contribution is -2.50. The van der Waals surface area contributed by atoms with Gasteiger partial charge in [0.15, 0.2) is 0 Å². The molecule has 0 saturated carbocycles. The van der Waals surface area contributed by atoms with E-state index in [9.17, 15) is 9.59 Å². The second-order valence-electron chi connectivity index (χ2n) is 3.82. The van der Waals surface area contributed by atoms with E-state index in [-0.39, 0.29) is 31.1 Å². The number of halogens is 1. The molecule has 0 spiro atoms. The molecule has 6 heteroatoms. The minimum Gasteiger partial charge on any atom is -0.459 e. The summed E-state index contributed by atoms with van der Waals surface area (Å²) in [4.78, 5) is 24.4. The molecular weight excluding hydrogens is 256 g/mol. The lowest BCUT2D eigenvalue weighted by Gasteiger charge is -2.29. The normalized spacial score (nSPS) is 11.4. The van der Waals surface area contributed by atoms with Gasteiger partial charge in [0.2, 0.25) is 5.91 Å². The lowest BCUT2D eigenvalue weighted by atomic mass is 10.3. The molecule has 0 aliphatic carbocycles. The van der Waals surface area contributed by atoms with Gasteiger partial charge in [-0.15, -0.1) is 12.4 Å². The molecule has 0 rings (SSSR count). The van der Waals surface area contributed by atoms with Crippen LogP contribution in [0.15, 0.2) is 12.2 Å². The molecule has 0 bridgehead atoms. The Kier molecular flexibility index (Phi) is 10.6. The predicted octanol–water partition coefficient (Wildman–Crippen LogP) is 1.33. The van der Waals surface area contributed by atoms with Crippen LogP contribution in [0, 0.1) is 0 Å². The van der Waals surface area contributed by atoms with Crippen LogP contribution in [0.25, 0.3) is 0 Å². The second kappa shape index (κ2) is 9.91. The van der Waals surface area contributed by atoms with Gasteiger partial charge >= 0.3 is 5.97 Å². The van der Waals surface area contributed by atoms with Crippen LogP contribution in [0.1, 0.15) is 27.7 Å². The summed E-state index contributed by atoms with van der Waals surface area (Å²) >= 11 is 0. The Morgan fingerprint density at radius 2 is 1.78 bits per heavy atom. The molecule has 0 saturated heterocycles. The van der Waals surface area contributed by atoms with Crippen LogP contribution in [0.3, 0.4) is 0 Å². The fraction of sp³-hybridized carbons (Fsp3) is 0.667. The van der Waals surface area contributed by atoms with Gasteiger partial charge in [0.1, 0.15) is 12.8 Å². The van der Waals surface area contributed by atoms with Crippen LogP contribution in [-0.2, 0) is 14.3 Å². The number of hydrogen-bond acceptors (Lipinski definition) is 4. The zero-order valence-electron chi connectivity index (χ0n) is 11.5. The van der Waals surface area contributed by atoms with E-state index in [2.05, 4.69) is 11.9 Å². The standard InChI is InChI=1S/C12H22N2O3.ClH/c1-6-14(7-2)11(13-10(5)15)8-17-12(16)9(3)4;/h11H,3,6-8H2,1-2,4-5H3,(H,13,15);1H. The van der Waals surface area contributed by atoms with Gasteiger partial charge in [-0.2, -0.15) is 0 Å². The van der Waals surface area contributed by atoms with Gasteiger partial charge < -0.3 is 10.1 Å². The van der Waals surface area contributed by atoms with Crippen molar-refractivity contribution in [3.63, 3.8) is 0 Å². The van der Waals surface area contributed by atoms with Gasteiger partial charge in [0.25, 0.3) is 0 Å². The Bertz CT molecular complexity index is 291. The zero-order chi connectivity index (χ0) is 13.4. The van der Waals surface area contributed by atoms with Gasteiger partial charge in [-0.1, -0.05) is 20.4 Å². The Balaban J connectivity index is 0. The third-order valence-corrected chi connectivity index (χ3v) is 2.34. The number of nitrogens with zero attached hydrogens (tertiary/aromatic N) is 1. The van der Waals surface area contributed by atoms with Crippen LogP contribution in [0.4, 0.5) is 0 Å². The maximum absolute atomic E-state index is 11.3. The summed E-state index contributed by atoms with van der Waals surface area (Å²) in [5.41, 5.74) is 0.353. The van der Waals surface area contributed by atoms with Gasteiger partial charge in [-0.3, -0.25) is 9.69 Å². The summed E-state index contributed by atoms with van der Waals surface area (Å²) in [7, 11) is 0. The van der Waals surface area contributed by atoms with Crippen molar-refractivity contribution in [3.05, 3.63) is 12.2 Å². The number of likely N-dealkylation sites (N-methyl/N-ethyl adjacent to an activating group) is 1. The number of ether oxygens (including phenoxy) is 1. The molecule has 0 heterocycles. The number of carbonyl (C=O) groups is 2. The first-order chi connectivity index (χ1) is 7.92. The number of rotatable bonds is 7. The minimum atomic E-state index is -0.437. The molecule has 0 radical (unpaired) electrons. The van der Waals surface area contributed by atoms with Crippen molar-refractivity contribution in [3.8, 4) is 0 Å². The van der Waals surface area contributed by atoms with Gasteiger partial charge in [-0.05, 0) is 20.0 Å². The van der Waals surface area contributed by atoms with Crippen molar-refractivity contribution in [2.45, 2.75) is 33.9 Å². The molecule has 0 aromatic rings. The third kappa shape index (κ3) is 7.29. The molecule has 1 atom stereocenters. The maximum Gasteiger partial charge on any atom is 0.333 e. The molecule has 18 heavy (non-hydrogen) atoms. The highest BCUT2D eigenvalue weighted by molar-refractivity contribution is 5.87. The number of carbonyl (C=O) groups excluding carboxylic acids is 2. The summed E-state index contributed by atoms with van der Waals surface area (Å²) in [6, 6.07) is 0. The average molecular weight is 279 g/mol. The van der Waals surface area contributed by atoms with Crippen LogP contribution in [0.2, 0.25) is 0 Å². The van der Waals surface area contributed by atoms with Crippen LogP contribution in [0.5, 0.6) is 0 Å². The molecule has 1 amide bonds. The van der Waals surface area contributed by atoms with Gasteiger partial charge in [-0.25, -0.2) is 4.79 Å². The molecule has 5 nitrogen and oxygen atoms in total. The molecular formula is C12H23ClN2O3. The van der Waals surface area contributed by atoms with Crippen LogP contribution >= 0.6 is 12.4 Å². The second-order valence-corrected chi connectivity index (χ2v) is 3.82. The molecule has 1 N–H and O–H groups in total. The topological polar surface area (TPSA) is 58.6 Å². The predicted molar refractivity (Wildman–Crippen MR) is 73.5 cm³/mol. The van der Waals surface area contributed by atoms with E-state index in [1.54, 1.807) is 6.92 Å². The number of esters is 1. The van der Waals surface area contributed by atoms with E-state index in [4.69, 9.17) is 4.74 Å². The number of nitrogens with one attached hydrogen (secondary N) is 1. The molecule has 0 aromatic carbocycles. The summed E-state index contributed by atoms with van der Waals surface area (Å²) < 4.78 is 5.06. The van der Waals surface area contributed by atoms with Crippen molar-refractivity contribution >= 4 is 24.3 Å². The van der Waals surface area contributed by atoms with Crippen molar-refractivity contribution in [2.75, 3.05) is 19.7 Å². The fourth-order valence-electron chi connectivity index (χ4n) is 1.42. The van der Waals surface area contributed by atoms with Crippen molar-refractivity contribution in [1.82, 2.24) is 10.2 Å². The summed E-state index contributed by atoms with van der Waals surface area (Å²) in [6.45, 7) is 12.2. The smallest absolute Gasteiger partial charge is 0.333 e. The molecule has 0 fully saturated rings. The summed E-state index contributed by atoms with van der Waals surface area (Å²) in [5.74, 6) is -0.583. The number of amides is 1. The first-order valence-corrected chi connectivity index (χ1v) is 5.76. The van der Waals surface area contributed by atoms with Crippen LogP contribution in [-0.4, -0.2) is 42.6 Å². The Morgan fingerprint density at radius 1 is 1.28 bits per heavy atom. The van der Waals surface area contributed by atoms with E-state index in [1.165, 1.54) is 6.92 Å². The minimum absolute atomic E-state index is 0. The summed E-state index contributed by atoms with van der Waals surface area (Å²) in [6.07, 6.45) is -0.286. The summed E-state index contributed by atoms with van der Waals surface area (Å²) in [5, 5.41) is 2.76. The van der Waals surface area contributed by atoms with Crippen molar-refractivity contribution in [1.29, 1.82) is 0 Å². The maximum atomic E-state index is 11.3. The SMILES string of the molecule is C=C(C)C(=O)OCC(NC(C)=O)N(CC)CC.Cl. The molecule has 0 aliphatic heterocycles. The highest BCUT2D eigenvalue weighted by atomic mass is 35.5. The average Bonchev–Trinajstić information content (AvgIpc) is 2.25. The molecule has 1 unspecified atom stereocenters. The number of hydrogen-bond donors (Lipinski definition) is 1.